The van der Waals surface area contributed by atoms with Crippen molar-refractivity contribution in [2.75, 3.05) is 0 Å². The first kappa shape index (κ1) is 12.4. The normalized spacial score (nSPS) is 10.2. The zero-order chi connectivity index (χ0) is 12.3. The van der Waals surface area contributed by atoms with Crippen LogP contribution in [0.5, 0.6) is 0 Å². The van der Waals surface area contributed by atoms with Gasteiger partial charge in [-0.3, -0.25) is 4.79 Å². The fourth-order valence-corrected chi connectivity index (χ4v) is 2.10. The second-order valence-corrected chi connectivity index (χ2v) is 5.23. The van der Waals surface area contributed by atoms with E-state index in [-0.39, 0.29) is 12.5 Å². The maximum Gasteiger partial charge on any atom is 0.252 e. The molecule has 1 amide bonds. The van der Waals surface area contributed by atoms with Crippen LogP contribution in [0.2, 0.25) is 0 Å². The number of tetrazole rings is 1. The van der Waals surface area contributed by atoms with Gasteiger partial charge in [0.15, 0.2) is 5.82 Å². The molecule has 1 aromatic carbocycles. The lowest BCUT2D eigenvalue weighted by atomic mass is 10.2. The van der Waals surface area contributed by atoms with Crippen LogP contribution < -0.4 is 5.32 Å². The number of hydrogen-bond donors (Lipinski definition) is 2. The Kier molecular flexibility index (Phi) is 4.05. The molecule has 88 valence electrons. The van der Waals surface area contributed by atoms with Crippen LogP contribution in [-0.4, -0.2) is 26.5 Å². The van der Waals surface area contributed by atoms with E-state index in [0.717, 1.165) is 8.04 Å². The van der Waals surface area contributed by atoms with Crippen LogP contribution in [0.3, 0.4) is 0 Å². The van der Waals surface area contributed by atoms with E-state index in [1.807, 2.05) is 12.1 Å². The minimum atomic E-state index is -0.180. The Bertz CT molecular complexity index is 530. The molecule has 0 saturated carbocycles. The first-order valence-corrected chi connectivity index (χ1v) is 6.49. The fourth-order valence-electron chi connectivity index (χ4n) is 1.18. The summed E-state index contributed by atoms with van der Waals surface area (Å²) >= 11 is 5.49. The highest BCUT2D eigenvalue weighted by atomic mass is 127. The van der Waals surface area contributed by atoms with Crippen molar-refractivity contribution in [1.82, 2.24) is 25.9 Å². The van der Waals surface area contributed by atoms with Gasteiger partial charge >= 0.3 is 0 Å². The molecule has 0 atom stereocenters. The molecule has 0 radical (unpaired) electrons. The molecule has 2 rings (SSSR count). The highest BCUT2D eigenvalue weighted by molar-refractivity contribution is 14.1. The molecule has 0 aliphatic carbocycles. The SMILES string of the molecule is O=C(NCc1nn[nH]n1)c1cc(I)ccc1Br. The van der Waals surface area contributed by atoms with Gasteiger partial charge in [-0.05, 0) is 56.7 Å². The quantitative estimate of drug-likeness (QED) is 0.755. The van der Waals surface area contributed by atoms with Gasteiger partial charge in [0.2, 0.25) is 0 Å². The number of carbonyl (C=O) groups excluding carboxylic acids is 1. The average molecular weight is 408 g/mol. The molecule has 0 aliphatic rings. The van der Waals surface area contributed by atoms with E-state index in [2.05, 4.69) is 64.5 Å². The van der Waals surface area contributed by atoms with Gasteiger partial charge in [0, 0.05) is 8.04 Å². The van der Waals surface area contributed by atoms with Crippen LogP contribution in [0.15, 0.2) is 22.7 Å². The second-order valence-electron chi connectivity index (χ2n) is 3.13. The Morgan fingerprint density at radius 3 is 3.06 bits per heavy atom. The van der Waals surface area contributed by atoms with Crippen molar-refractivity contribution in [3.8, 4) is 0 Å². The van der Waals surface area contributed by atoms with Gasteiger partial charge in [-0.25, -0.2) is 0 Å². The number of rotatable bonds is 3. The predicted octanol–water partition coefficient (Wildman–Crippen LogP) is 1.50. The largest absolute Gasteiger partial charge is 0.345 e. The highest BCUT2D eigenvalue weighted by Gasteiger charge is 2.11. The molecule has 0 saturated heterocycles. The van der Waals surface area contributed by atoms with E-state index in [1.54, 1.807) is 6.07 Å². The summed E-state index contributed by atoms with van der Waals surface area (Å²) in [5.74, 6) is 0.264. The molecule has 2 aromatic rings. The molecule has 0 unspecified atom stereocenters. The number of amides is 1. The average Bonchev–Trinajstić information content (AvgIpc) is 2.82. The van der Waals surface area contributed by atoms with E-state index < -0.39 is 0 Å². The summed E-state index contributed by atoms with van der Waals surface area (Å²) in [6.07, 6.45) is 0. The summed E-state index contributed by atoms with van der Waals surface area (Å²) < 4.78 is 1.75. The Morgan fingerprint density at radius 2 is 2.35 bits per heavy atom. The summed E-state index contributed by atoms with van der Waals surface area (Å²) in [6, 6.07) is 5.56. The Labute approximate surface area is 119 Å². The van der Waals surface area contributed by atoms with E-state index >= 15 is 0 Å². The maximum absolute atomic E-state index is 11.9. The van der Waals surface area contributed by atoms with E-state index in [0.29, 0.717) is 11.4 Å². The van der Waals surface area contributed by atoms with Crippen LogP contribution in [0.1, 0.15) is 16.2 Å². The molecule has 1 heterocycles. The smallest absolute Gasteiger partial charge is 0.252 e. The summed E-state index contributed by atoms with van der Waals surface area (Å²) in [4.78, 5) is 11.9. The Morgan fingerprint density at radius 1 is 1.53 bits per heavy atom. The van der Waals surface area contributed by atoms with Crippen molar-refractivity contribution in [2.24, 2.45) is 0 Å². The molecule has 17 heavy (non-hydrogen) atoms. The molecular weight excluding hydrogens is 401 g/mol. The molecule has 1 aromatic heterocycles. The van der Waals surface area contributed by atoms with E-state index in [4.69, 9.17) is 0 Å². The van der Waals surface area contributed by atoms with Gasteiger partial charge in [-0.2, -0.15) is 5.21 Å². The zero-order valence-corrected chi connectivity index (χ0v) is 12.2. The van der Waals surface area contributed by atoms with Crippen molar-refractivity contribution in [1.29, 1.82) is 0 Å². The lowest BCUT2D eigenvalue weighted by Gasteiger charge is -2.05. The fraction of sp³-hybridized carbons (Fsp3) is 0.111. The topological polar surface area (TPSA) is 83.6 Å². The van der Waals surface area contributed by atoms with Crippen LogP contribution in [-0.2, 0) is 6.54 Å². The van der Waals surface area contributed by atoms with E-state index in [1.165, 1.54) is 0 Å². The number of H-pyrrole nitrogens is 1. The highest BCUT2D eigenvalue weighted by Crippen LogP contribution is 2.19. The molecule has 0 bridgehead atoms. The van der Waals surface area contributed by atoms with Crippen LogP contribution in [0, 0.1) is 3.57 Å². The summed E-state index contributed by atoms with van der Waals surface area (Å²) in [7, 11) is 0. The lowest BCUT2D eigenvalue weighted by molar-refractivity contribution is 0.0949. The second kappa shape index (κ2) is 5.54. The third kappa shape index (κ3) is 3.22. The number of hydrogen-bond acceptors (Lipinski definition) is 4. The summed E-state index contributed by atoms with van der Waals surface area (Å²) in [6.45, 7) is 0.243. The van der Waals surface area contributed by atoms with Gasteiger partial charge in [0.1, 0.15) is 0 Å². The van der Waals surface area contributed by atoms with Crippen molar-refractivity contribution in [2.45, 2.75) is 6.54 Å². The predicted molar refractivity (Wildman–Crippen MR) is 72.2 cm³/mol. The minimum absolute atomic E-state index is 0.180. The van der Waals surface area contributed by atoms with Gasteiger partial charge in [-0.15, -0.1) is 10.2 Å². The molecule has 0 spiro atoms. The van der Waals surface area contributed by atoms with Gasteiger partial charge in [0.25, 0.3) is 5.91 Å². The van der Waals surface area contributed by atoms with Crippen molar-refractivity contribution in [3.63, 3.8) is 0 Å². The first-order valence-electron chi connectivity index (χ1n) is 4.62. The van der Waals surface area contributed by atoms with E-state index in [9.17, 15) is 4.79 Å². The monoisotopic (exact) mass is 407 g/mol. The third-order valence-electron chi connectivity index (χ3n) is 1.97. The third-order valence-corrected chi connectivity index (χ3v) is 3.33. The Balaban J connectivity index is 2.07. The maximum atomic E-state index is 11.9. The van der Waals surface area contributed by atoms with Gasteiger partial charge in [-0.1, -0.05) is 5.21 Å². The van der Waals surface area contributed by atoms with Crippen LogP contribution >= 0.6 is 38.5 Å². The number of aromatic amines is 1. The molecule has 6 nitrogen and oxygen atoms in total. The van der Waals surface area contributed by atoms with Crippen molar-refractivity contribution >= 4 is 44.4 Å². The molecular formula is C9H7BrIN5O. The Hall–Kier alpha value is -1.03. The van der Waals surface area contributed by atoms with Crippen molar-refractivity contribution < 1.29 is 4.79 Å². The van der Waals surface area contributed by atoms with Crippen LogP contribution in [0.4, 0.5) is 0 Å². The minimum Gasteiger partial charge on any atom is -0.345 e. The molecule has 0 aliphatic heterocycles. The first-order chi connectivity index (χ1) is 8.16. The number of nitrogens with one attached hydrogen (secondary N) is 2. The molecule has 2 N–H and O–H groups in total. The standard InChI is InChI=1S/C9H7BrIN5O/c10-7-2-1-5(11)3-6(7)9(17)12-4-8-13-15-16-14-8/h1-3H,4H2,(H,12,17)(H,13,14,15,16). The van der Waals surface area contributed by atoms with Gasteiger partial charge < -0.3 is 5.32 Å². The zero-order valence-electron chi connectivity index (χ0n) is 8.44. The number of aromatic nitrogens is 4. The molecule has 8 heteroatoms. The van der Waals surface area contributed by atoms with Crippen LogP contribution in [0.25, 0.3) is 0 Å². The summed E-state index contributed by atoms with van der Waals surface area (Å²) in [5.41, 5.74) is 0.584. The van der Waals surface area contributed by atoms with Gasteiger partial charge in [0.05, 0.1) is 12.1 Å². The summed E-state index contributed by atoms with van der Waals surface area (Å²) in [5, 5.41) is 15.9. The number of halogens is 2. The lowest BCUT2D eigenvalue weighted by Crippen LogP contribution is -2.24. The number of nitrogens with zero attached hydrogens (tertiary/aromatic N) is 3. The van der Waals surface area contributed by atoms with Crippen molar-refractivity contribution in [3.05, 3.63) is 37.6 Å². The molecule has 0 fully saturated rings. The number of benzene rings is 1. The number of carbonyl (C=O) groups is 1.